The Hall–Kier alpha value is -2.80. The molecule has 134 valence electrons. The molecule has 0 amide bonds. The Balaban J connectivity index is 1.53. The zero-order valence-corrected chi connectivity index (χ0v) is 15.0. The molecule has 0 bridgehead atoms. The third-order valence-electron chi connectivity index (χ3n) is 4.80. The molecule has 3 aromatic heterocycles. The lowest BCUT2D eigenvalue weighted by Gasteiger charge is -2.24. The van der Waals surface area contributed by atoms with E-state index in [0.717, 1.165) is 37.3 Å². The minimum atomic E-state index is 0.246. The van der Waals surface area contributed by atoms with Gasteiger partial charge in [0.15, 0.2) is 5.75 Å². The summed E-state index contributed by atoms with van der Waals surface area (Å²) in [4.78, 5) is 15.7. The first-order valence-electron chi connectivity index (χ1n) is 8.83. The van der Waals surface area contributed by atoms with Crippen LogP contribution in [0.1, 0.15) is 36.0 Å². The maximum atomic E-state index is 5.90. The molecule has 3 aromatic rings. The van der Waals surface area contributed by atoms with Crippen LogP contribution in [0.4, 0.5) is 0 Å². The number of ether oxygens (including phenoxy) is 1. The Morgan fingerprint density at radius 1 is 1.23 bits per heavy atom. The molecular weight excluding hydrogens is 328 g/mol. The summed E-state index contributed by atoms with van der Waals surface area (Å²) in [7, 11) is 1.98. The van der Waals surface area contributed by atoms with Gasteiger partial charge in [-0.2, -0.15) is 5.10 Å². The first-order chi connectivity index (χ1) is 12.7. The Labute approximate surface area is 152 Å². The van der Waals surface area contributed by atoms with Gasteiger partial charge in [0.1, 0.15) is 0 Å². The molecule has 0 N–H and O–H groups in total. The quantitative estimate of drug-likeness (QED) is 0.704. The Kier molecular flexibility index (Phi) is 4.62. The Bertz CT molecular complexity index is 893. The number of aromatic nitrogens is 5. The van der Waals surface area contributed by atoms with Crippen molar-refractivity contribution in [2.45, 2.75) is 32.4 Å². The predicted molar refractivity (Wildman–Crippen MR) is 96.7 cm³/mol. The van der Waals surface area contributed by atoms with E-state index >= 15 is 0 Å². The zero-order valence-electron chi connectivity index (χ0n) is 15.0. The van der Waals surface area contributed by atoms with Gasteiger partial charge in [0.05, 0.1) is 35.5 Å². The van der Waals surface area contributed by atoms with Crippen LogP contribution in [0.5, 0.6) is 11.6 Å². The molecule has 0 aromatic carbocycles. The smallest absolute Gasteiger partial charge is 0.238 e. The topological polar surface area (TPSA) is 69.0 Å². The van der Waals surface area contributed by atoms with Gasteiger partial charge in [-0.15, -0.1) is 0 Å². The monoisotopic (exact) mass is 350 g/mol. The number of pyridine rings is 1. The first-order valence-corrected chi connectivity index (χ1v) is 8.83. The van der Waals surface area contributed by atoms with Crippen LogP contribution in [0, 0.1) is 6.92 Å². The maximum absolute atomic E-state index is 5.90. The largest absolute Gasteiger partial charge is 0.436 e. The van der Waals surface area contributed by atoms with Crippen molar-refractivity contribution in [1.82, 2.24) is 29.6 Å². The van der Waals surface area contributed by atoms with Gasteiger partial charge in [-0.1, -0.05) is 0 Å². The van der Waals surface area contributed by atoms with Crippen LogP contribution in [0.3, 0.4) is 0 Å². The molecule has 0 radical (unpaired) electrons. The second-order valence-corrected chi connectivity index (χ2v) is 6.55. The highest BCUT2D eigenvalue weighted by Crippen LogP contribution is 2.33. The fraction of sp³-hybridized carbons (Fsp3) is 0.368. The van der Waals surface area contributed by atoms with E-state index in [9.17, 15) is 0 Å². The molecule has 1 aliphatic rings. The van der Waals surface area contributed by atoms with Crippen molar-refractivity contribution in [1.29, 1.82) is 0 Å². The molecule has 26 heavy (non-hydrogen) atoms. The first kappa shape index (κ1) is 16.7. The lowest BCUT2D eigenvalue weighted by molar-refractivity contribution is 0.236. The van der Waals surface area contributed by atoms with Crippen LogP contribution >= 0.6 is 0 Å². The van der Waals surface area contributed by atoms with Gasteiger partial charge in [-0.25, -0.2) is 4.98 Å². The fourth-order valence-electron chi connectivity index (χ4n) is 3.38. The van der Waals surface area contributed by atoms with Crippen LogP contribution in [-0.4, -0.2) is 36.2 Å². The zero-order chi connectivity index (χ0) is 17.9. The van der Waals surface area contributed by atoms with Crippen LogP contribution < -0.4 is 4.74 Å². The SMILES string of the molecule is Cc1ncccc1Oc1cncc(C2CCCN2Cc2ccnn2C)n1. The average molecular weight is 350 g/mol. The van der Waals surface area contributed by atoms with Crippen LogP contribution in [0.2, 0.25) is 0 Å². The molecule has 0 aliphatic carbocycles. The molecule has 4 heterocycles. The molecule has 1 atom stereocenters. The third kappa shape index (κ3) is 3.43. The summed E-state index contributed by atoms with van der Waals surface area (Å²) in [5.74, 6) is 1.21. The van der Waals surface area contributed by atoms with Crippen LogP contribution in [0.25, 0.3) is 0 Å². The normalized spacial score (nSPS) is 17.5. The summed E-state index contributed by atoms with van der Waals surface area (Å²) in [6.45, 7) is 3.82. The Morgan fingerprint density at radius 3 is 2.96 bits per heavy atom. The molecule has 0 spiro atoms. The number of rotatable bonds is 5. The van der Waals surface area contributed by atoms with Gasteiger partial charge >= 0.3 is 0 Å². The number of hydrogen-bond donors (Lipinski definition) is 0. The Morgan fingerprint density at radius 2 is 2.15 bits per heavy atom. The molecule has 0 saturated carbocycles. The minimum Gasteiger partial charge on any atom is -0.436 e. The number of aryl methyl sites for hydroxylation is 2. The number of hydrogen-bond acceptors (Lipinski definition) is 6. The summed E-state index contributed by atoms with van der Waals surface area (Å²) in [5, 5.41) is 4.26. The minimum absolute atomic E-state index is 0.246. The van der Waals surface area contributed by atoms with Crippen molar-refractivity contribution < 1.29 is 4.74 Å². The van der Waals surface area contributed by atoms with Crippen molar-refractivity contribution >= 4 is 0 Å². The molecule has 1 unspecified atom stereocenters. The van der Waals surface area contributed by atoms with Gasteiger partial charge < -0.3 is 4.74 Å². The van der Waals surface area contributed by atoms with Gasteiger partial charge in [0, 0.05) is 26.0 Å². The van der Waals surface area contributed by atoms with Crippen molar-refractivity contribution in [3.63, 3.8) is 0 Å². The number of likely N-dealkylation sites (tertiary alicyclic amines) is 1. The summed E-state index contributed by atoms with van der Waals surface area (Å²) in [5.41, 5.74) is 2.98. The van der Waals surface area contributed by atoms with E-state index in [1.807, 2.05) is 43.2 Å². The van der Waals surface area contributed by atoms with Crippen LogP contribution in [0.15, 0.2) is 43.0 Å². The van der Waals surface area contributed by atoms with E-state index in [1.54, 1.807) is 12.4 Å². The van der Waals surface area contributed by atoms with Gasteiger partial charge in [0.2, 0.25) is 5.88 Å². The van der Waals surface area contributed by atoms with E-state index in [-0.39, 0.29) is 6.04 Å². The number of nitrogens with zero attached hydrogens (tertiary/aromatic N) is 6. The molecule has 7 heteroatoms. The summed E-state index contributed by atoms with van der Waals surface area (Å²) in [6.07, 6.45) is 9.30. The molecule has 1 saturated heterocycles. The second kappa shape index (κ2) is 7.21. The van der Waals surface area contributed by atoms with E-state index in [4.69, 9.17) is 9.72 Å². The van der Waals surface area contributed by atoms with E-state index in [0.29, 0.717) is 11.6 Å². The molecule has 4 rings (SSSR count). The third-order valence-corrected chi connectivity index (χ3v) is 4.80. The van der Waals surface area contributed by atoms with Crippen molar-refractivity contribution in [3.8, 4) is 11.6 Å². The van der Waals surface area contributed by atoms with Crippen molar-refractivity contribution in [2.24, 2.45) is 7.05 Å². The van der Waals surface area contributed by atoms with Gasteiger partial charge in [0.25, 0.3) is 0 Å². The molecule has 7 nitrogen and oxygen atoms in total. The predicted octanol–water partition coefficient (Wildman–Crippen LogP) is 3.04. The maximum Gasteiger partial charge on any atom is 0.238 e. The van der Waals surface area contributed by atoms with Gasteiger partial charge in [-0.3, -0.25) is 19.5 Å². The summed E-state index contributed by atoms with van der Waals surface area (Å²) in [6, 6.07) is 6.05. The van der Waals surface area contributed by atoms with E-state index in [2.05, 4.69) is 26.0 Å². The van der Waals surface area contributed by atoms with Crippen molar-refractivity contribution in [2.75, 3.05) is 6.54 Å². The highest BCUT2D eigenvalue weighted by atomic mass is 16.5. The van der Waals surface area contributed by atoms with E-state index in [1.165, 1.54) is 5.69 Å². The van der Waals surface area contributed by atoms with Gasteiger partial charge in [-0.05, 0) is 44.5 Å². The summed E-state index contributed by atoms with van der Waals surface area (Å²) >= 11 is 0. The lowest BCUT2D eigenvalue weighted by Crippen LogP contribution is -2.24. The molecule has 1 fully saturated rings. The second-order valence-electron chi connectivity index (χ2n) is 6.55. The highest BCUT2D eigenvalue weighted by Gasteiger charge is 2.28. The molecular formula is C19H22N6O. The highest BCUT2D eigenvalue weighted by molar-refractivity contribution is 5.29. The lowest BCUT2D eigenvalue weighted by atomic mass is 10.1. The molecule has 1 aliphatic heterocycles. The summed E-state index contributed by atoms with van der Waals surface area (Å²) < 4.78 is 7.82. The standard InChI is InChI=1S/C19H22N6O/c1-14-18(6-3-8-21-14)26-19-12-20-11-16(23-19)17-5-4-10-25(17)13-15-7-9-22-24(15)2/h3,6-9,11-12,17H,4-5,10,13H2,1-2H3. The van der Waals surface area contributed by atoms with E-state index < -0.39 is 0 Å². The average Bonchev–Trinajstić information content (AvgIpc) is 3.27. The fourth-order valence-corrected chi connectivity index (χ4v) is 3.38. The van der Waals surface area contributed by atoms with Crippen LogP contribution in [-0.2, 0) is 13.6 Å². The van der Waals surface area contributed by atoms with Crippen molar-refractivity contribution in [3.05, 3.63) is 60.1 Å².